The van der Waals surface area contributed by atoms with Gasteiger partial charge < -0.3 is 4.42 Å². The smallest absolute Gasteiger partial charge is 0.164 e. The summed E-state index contributed by atoms with van der Waals surface area (Å²) in [6, 6.07) is 65.7. The fourth-order valence-electron chi connectivity index (χ4n) is 7.80. The van der Waals surface area contributed by atoms with Crippen LogP contribution in [0.25, 0.3) is 110 Å². The maximum Gasteiger partial charge on any atom is 0.164 e. The lowest BCUT2D eigenvalue weighted by Gasteiger charge is -2.10. The van der Waals surface area contributed by atoms with Gasteiger partial charge in [0.15, 0.2) is 17.5 Å². The lowest BCUT2D eigenvalue weighted by Crippen LogP contribution is -2.00. The minimum atomic E-state index is 0.604. The fourth-order valence-corrected chi connectivity index (χ4v) is 9.02. The summed E-state index contributed by atoms with van der Waals surface area (Å²) in [5, 5.41) is 4.53. The van der Waals surface area contributed by atoms with E-state index < -0.39 is 0 Å². The third kappa shape index (κ3) is 5.56. The summed E-state index contributed by atoms with van der Waals surface area (Å²) in [6.45, 7) is 0. The Morgan fingerprint density at radius 3 is 1.64 bits per heavy atom. The number of thiophene rings is 1. The third-order valence-corrected chi connectivity index (χ3v) is 11.8. The molecule has 0 radical (unpaired) electrons. The summed E-state index contributed by atoms with van der Waals surface area (Å²) in [4.78, 5) is 15.0. The molecule has 0 fully saturated rings. The van der Waals surface area contributed by atoms with Crippen LogP contribution >= 0.6 is 11.3 Å². The van der Waals surface area contributed by atoms with Gasteiger partial charge in [-0.2, -0.15) is 0 Å². The van der Waals surface area contributed by atoms with Crippen molar-refractivity contribution in [2.45, 2.75) is 0 Å². The van der Waals surface area contributed by atoms with Gasteiger partial charge in [-0.25, -0.2) is 15.0 Å². The highest BCUT2D eigenvalue weighted by Crippen LogP contribution is 2.44. The van der Waals surface area contributed by atoms with Crippen LogP contribution in [0.15, 0.2) is 192 Å². The van der Waals surface area contributed by atoms with Gasteiger partial charge >= 0.3 is 0 Å². The fraction of sp³-hybridized carbons (Fsp3) is 0. The molecule has 0 saturated heterocycles. The van der Waals surface area contributed by atoms with E-state index in [2.05, 4.69) is 115 Å². The summed E-state index contributed by atoms with van der Waals surface area (Å²) >= 11 is 1.86. The maximum atomic E-state index is 6.65. The van der Waals surface area contributed by atoms with Crippen LogP contribution in [0, 0.1) is 0 Å². The lowest BCUT2D eigenvalue weighted by atomic mass is 9.94. The Balaban J connectivity index is 1.06. The van der Waals surface area contributed by atoms with Crippen LogP contribution in [0.4, 0.5) is 0 Å². The number of furan rings is 1. The second-order valence-corrected chi connectivity index (χ2v) is 15.0. The van der Waals surface area contributed by atoms with Gasteiger partial charge in [0.05, 0.1) is 0 Å². The highest BCUT2D eigenvalue weighted by atomic mass is 32.1. The highest BCUT2D eigenvalue weighted by Gasteiger charge is 2.19. The molecule has 0 spiro atoms. The molecular weight excluding hydrogens is 703 g/mol. The van der Waals surface area contributed by atoms with Crippen LogP contribution in [0.3, 0.4) is 0 Å². The number of benzene rings is 8. The van der Waals surface area contributed by atoms with Gasteiger partial charge in [0.25, 0.3) is 0 Å². The Morgan fingerprint density at radius 2 is 0.929 bits per heavy atom. The molecule has 3 aromatic heterocycles. The topological polar surface area (TPSA) is 51.8 Å². The molecule has 5 heteroatoms. The molecule has 0 bridgehead atoms. The molecule has 0 atom stereocenters. The van der Waals surface area contributed by atoms with E-state index in [1.807, 2.05) is 84.1 Å². The van der Waals surface area contributed by atoms with Crippen LogP contribution in [0.5, 0.6) is 0 Å². The summed E-state index contributed by atoms with van der Waals surface area (Å²) in [5.74, 6) is 1.86. The SMILES string of the molecule is c1ccc(-c2ccc(-c3cc(-c4ccc5c(c4)oc4cccc(-c6nc(-c7ccccc7)nc(-c7ccccc7)n6)c45)cc4c3sc3ccccc34)cc2)cc1. The van der Waals surface area contributed by atoms with E-state index in [4.69, 9.17) is 19.4 Å². The van der Waals surface area contributed by atoms with E-state index in [0.29, 0.717) is 17.5 Å². The van der Waals surface area contributed by atoms with Gasteiger partial charge in [-0.3, -0.25) is 0 Å². The molecule has 0 N–H and O–H groups in total. The van der Waals surface area contributed by atoms with Crippen molar-refractivity contribution < 1.29 is 4.42 Å². The molecule has 56 heavy (non-hydrogen) atoms. The first-order valence-electron chi connectivity index (χ1n) is 18.7. The van der Waals surface area contributed by atoms with Crippen molar-refractivity contribution in [3.8, 4) is 67.5 Å². The summed E-state index contributed by atoms with van der Waals surface area (Å²) in [7, 11) is 0. The van der Waals surface area contributed by atoms with Crippen LogP contribution in [0.1, 0.15) is 0 Å². The zero-order chi connectivity index (χ0) is 37.0. The molecule has 11 rings (SSSR count). The van der Waals surface area contributed by atoms with E-state index in [-0.39, 0.29) is 0 Å². The van der Waals surface area contributed by atoms with Crippen LogP contribution < -0.4 is 0 Å². The van der Waals surface area contributed by atoms with Gasteiger partial charge in [-0.05, 0) is 64.2 Å². The molecule has 0 aliphatic rings. The quantitative estimate of drug-likeness (QED) is 0.171. The Hall–Kier alpha value is -7.21. The summed E-state index contributed by atoms with van der Waals surface area (Å²) in [5.41, 5.74) is 11.4. The van der Waals surface area contributed by atoms with Crippen molar-refractivity contribution in [2.75, 3.05) is 0 Å². The number of fused-ring (bicyclic) bond motifs is 6. The molecule has 262 valence electrons. The second-order valence-electron chi connectivity index (χ2n) is 14.0. The van der Waals surface area contributed by atoms with Gasteiger partial charge in [0.1, 0.15) is 11.2 Å². The molecule has 4 nitrogen and oxygen atoms in total. The Kier molecular flexibility index (Phi) is 7.64. The van der Waals surface area contributed by atoms with Gasteiger partial charge in [0, 0.05) is 53.2 Å². The average molecular weight is 734 g/mol. The second kappa shape index (κ2) is 13.3. The standard InChI is InChI=1S/C51H31N3OS/c1-4-13-32(14-5-1)33-23-25-34(26-24-33)42-29-38(30-43-39-19-10-11-22-46(39)56-48(42)43)37-27-28-40-45(31-37)55-44-21-12-20-41(47(40)44)51-53-49(35-15-6-2-7-16-35)52-50(54-51)36-17-8-3-9-18-36/h1-31H. The van der Waals surface area contributed by atoms with Crippen molar-refractivity contribution in [1.29, 1.82) is 0 Å². The molecule has 0 unspecified atom stereocenters. The lowest BCUT2D eigenvalue weighted by molar-refractivity contribution is 0.669. The third-order valence-electron chi connectivity index (χ3n) is 10.6. The maximum absolute atomic E-state index is 6.65. The zero-order valence-corrected chi connectivity index (χ0v) is 30.9. The molecule has 11 aromatic rings. The number of nitrogens with zero attached hydrogens (tertiary/aromatic N) is 3. The number of hydrogen-bond donors (Lipinski definition) is 0. The minimum Gasteiger partial charge on any atom is -0.456 e. The van der Waals surface area contributed by atoms with Gasteiger partial charge in [-0.15, -0.1) is 11.3 Å². The minimum absolute atomic E-state index is 0.604. The number of aromatic nitrogens is 3. The average Bonchev–Trinajstić information content (AvgIpc) is 3.85. The molecule has 0 aliphatic carbocycles. The number of hydrogen-bond acceptors (Lipinski definition) is 5. The Labute approximate surface area is 327 Å². The van der Waals surface area contributed by atoms with Crippen LogP contribution in [-0.4, -0.2) is 15.0 Å². The first-order valence-corrected chi connectivity index (χ1v) is 19.5. The van der Waals surface area contributed by atoms with Gasteiger partial charge in [0.2, 0.25) is 0 Å². The van der Waals surface area contributed by atoms with Crippen molar-refractivity contribution >= 4 is 53.4 Å². The summed E-state index contributed by atoms with van der Waals surface area (Å²) in [6.07, 6.45) is 0. The van der Waals surface area contributed by atoms with Crippen LogP contribution in [-0.2, 0) is 0 Å². The largest absolute Gasteiger partial charge is 0.456 e. The van der Waals surface area contributed by atoms with Crippen molar-refractivity contribution in [1.82, 2.24) is 15.0 Å². The van der Waals surface area contributed by atoms with Crippen molar-refractivity contribution in [3.63, 3.8) is 0 Å². The predicted octanol–water partition coefficient (Wildman–Crippen LogP) is 14.1. The van der Waals surface area contributed by atoms with E-state index in [0.717, 1.165) is 49.8 Å². The zero-order valence-electron chi connectivity index (χ0n) is 30.1. The van der Waals surface area contributed by atoms with E-state index in [9.17, 15) is 0 Å². The summed E-state index contributed by atoms with van der Waals surface area (Å²) < 4.78 is 9.22. The van der Waals surface area contributed by atoms with Gasteiger partial charge in [-0.1, -0.05) is 152 Å². The molecule has 0 aliphatic heterocycles. The molecule has 0 saturated carbocycles. The molecular formula is C51H31N3OS. The molecule has 0 amide bonds. The Morgan fingerprint density at radius 1 is 0.339 bits per heavy atom. The highest BCUT2D eigenvalue weighted by molar-refractivity contribution is 7.26. The van der Waals surface area contributed by atoms with Crippen LogP contribution in [0.2, 0.25) is 0 Å². The Bertz CT molecular complexity index is 3170. The molecule has 3 heterocycles. The normalized spacial score (nSPS) is 11.6. The molecule has 8 aromatic carbocycles. The number of rotatable bonds is 6. The van der Waals surface area contributed by atoms with E-state index >= 15 is 0 Å². The first-order chi connectivity index (χ1) is 27.7. The predicted molar refractivity (Wildman–Crippen MR) is 233 cm³/mol. The first kappa shape index (κ1) is 32.2. The van der Waals surface area contributed by atoms with Crippen molar-refractivity contribution in [2.24, 2.45) is 0 Å². The monoisotopic (exact) mass is 733 g/mol. The van der Waals surface area contributed by atoms with E-state index in [1.165, 1.54) is 42.4 Å². The van der Waals surface area contributed by atoms with Crippen molar-refractivity contribution in [3.05, 3.63) is 188 Å². The van der Waals surface area contributed by atoms with E-state index in [1.54, 1.807) is 0 Å².